The van der Waals surface area contributed by atoms with Crippen molar-refractivity contribution in [2.45, 2.75) is 25.4 Å². The number of hydrogen-bond donors (Lipinski definition) is 0. The Morgan fingerprint density at radius 2 is 2.22 bits per heavy atom. The number of nitrogens with zero attached hydrogens (tertiary/aromatic N) is 2. The van der Waals surface area contributed by atoms with Gasteiger partial charge in [0, 0.05) is 7.05 Å². The van der Waals surface area contributed by atoms with Crippen LogP contribution < -0.4 is 4.74 Å². The summed E-state index contributed by atoms with van der Waals surface area (Å²) in [4.78, 5) is 21.0. The van der Waals surface area contributed by atoms with E-state index in [1.165, 1.54) is 14.2 Å². The zero-order valence-corrected chi connectivity index (χ0v) is 11.1. The second-order valence-electron chi connectivity index (χ2n) is 4.14. The lowest BCUT2D eigenvalue weighted by molar-refractivity contribution is -0.0760. The lowest BCUT2D eigenvalue weighted by atomic mass is 9.96. The van der Waals surface area contributed by atoms with Gasteiger partial charge >= 0.3 is 0 Å². The third kappa shape index (κ3) is 2.73. The Morgan fingerprint density at radius 3 is 2.78 bits per heavy atom. The maximum Gasteiger partial charge on any atom is 0.282 e. The Morgan fingerprint density at radius 1 is 1.50 bits per heavy atom. The van der Waals surface area contributed by atoms with E-state index in [-0.39, 0.29) is 17.9 Å². The van der Waals surface area contributed by atoms with Crippen LogP contribution in [0, 0.1) is 0 Å². The van der Waals surface area contributed by atoms with Crippen molar-refractivity contribution >= 4 is 17.5 Å². The first-order valence-electron chi connectivity index (χ1n) is 5.77. The van der Waals surface area contributed by atoms with Crippen LogP contribution in [0.1, 0.15) is 29.6 Å². The fraction of sp³-hybridized carbons (Fsp3) is 0.500. The average molecular weight is 271 g/mol. The molecule has 0 bridgehead atoms. The van der Waals surface area contributed by atoms with Gasteiger partial charge in [-0.15, -0.1) is 0 Å². The summed E-state index contributed by atoms with van der Waals surface area (Å²) >= 11 is 5.83. The lowest BCUT2D eigenvalue weighted by Crippen LogP contribution is -2.29. The third-order valence-electron chi connectivity index (χ3n) is 2.95. The minimum Gasteiger partial charge on any atom is -0.474 e. The predicted octanol–water partition coefficient (Wildman–Crippen LogP) is 2.30. The Kier molecular flexibility index (Phi) is 4.04. The van der Waals surface area contributed by atoms with Crippen LogP contribution in [-0.4, -0.2) is 36.2 Å². The molecule has 0 unspecified atom stereocenters. The van der Waals surface area contributed by atoms with E-state index in [2.05, 4.69) is 4.98 Å². The number of aromatic nitrogens is 1. The monoisotopic (exact) mass is 270 g/mol. The molecule has 5 nitrogen and oxygen atoms in total. The molecular formula is C12H15ClN2O3. The standard InChI is InChI=1S/C12H15ClN2O3/c1-15(17-2)12(16)9-6-7-10(13)14-11(9)18-8-4-3-5-8/h6-8H,3-5H2,1-2H3. The number of carbonyl (C=O) groups is 1. The molecule has 0 saturated heterocycles. The summed E-state index contributed by atoms with van der Waals surface area (Å²) in [6, 6.07) is 3.16. The average Bonchev–Trinajstić information content (AvgIpc) is 2.32. The van der Waals surface area contributed by atoms with Gasteiger partial charge in [-0.05, 0) is 31.4 Å². The second-order valence-corrected chi connectivity index (χ2v) is 4.53. The van der Waals surface area contributed by atoms with E-state index >= 15 is 0 Å². The van der Waals surface area contributed by atoms with E-state index < -0.39 is 0 Å². The quantitative estimate of drug-likeness (QED) is 0.622. The molecular weight excluding hydrogens is 256 g/mol. The molecule has 0 N–H and O–H groups in total. The summed E-state index contributed by atoms with van der Waals surface area (Å²) in [5, 5.41) is 1.43. The van der Waals surface area contributed by atoms with E-state index in [0.717, 1.165) is 24.3 Å². The molecule has 0 aliphatic heterocycles. The molecule has 1 saturated carbocycles. The molecule has 0 radical (unpaired) electrons. The lowest BCUT2D eigenvalue weighted by Gasteiger charge is -2.27. The molecule has 18 heavy (non-hydrogen) atoms. The number of rotatable bonds is 4. The van der Waals surface area contributed by atoms with Gasteiger partial charge in [0.05, 0.1) is 7.11 Å². The van der Waals surface area contributed by atoms with Gasteiger partial charge in [-0.25, -0.2) is 10.0 Å². The van der Waals surface area contributed by atoms with Crippen molar-refractivity contribution in [1.29, 1.82) is 0 Å². The number of carbonyl (C=O) groups excluding carboxylic acids is 1. The fourth-order valence-corrected chi connectivity index (χ4v) is 1.71. The van der Waals surface area contributed by atoms with Gasteiger partial charge in [0.15, 0.2) is 0 Å². The molecule has 1 aromatic rings. The van der Waals surface area contributed by atoms with Gasteiger partial charge in [-0.1, -0.05) is 11.6 Å². The SMILES string of the molecule is CON(C)C(=O)c1ccc(Cl)nc1OC1CCC1. The summed E-state index contributed by atoms with van der Waals surface area (Å²) in [5.41, 5.74) is 0.357. The van der Waals surface area contributed by atoms with E-state index in [1.807, 2.05) is 0 Å². The summed E-state index contributed by atoms with van der Waals surface area (Å²) in [6.45, 7) is 0. The molecule has 1 aliphatic rings. The summed E-state index contributed by atoms with van der Waals surface area (Å²) in [6.07, 6.45) is 3.26. The van der Waals surface area contributed by atoms with Crippen molar-refractivity contribution in [2.75, 3.05) is 14.2 Å². The minimum absolute atomic E-state index is 0.135. The topological polar surface area (TPSA) is 51.7 Å². The summed E-state index contributed by atoms with van der Waals surface area (Å²) < 4.78 is 5.68. The van der Waals surface area contributed by atoms with Gasteiger partial charge in [-0.2, -0.15) is 0 Å². The van der Waals surface area contributed by atoms with Gasteiger partial charge < -0.3 is 4.74 Å². The molecule has 1 aromatic heterocycles. The number of hydrogen-bond acceptors (Lipinski definition) is 4. The van der Waals surface area contributed by atoms with E-state index in [4.69, 9.17) is 21.2 Å². The molecule has 6 heteroatoms. The first kappa shape index (κ1) is 13.1. The second kappa shape index (κ2) is 5.54. The van der Waals surface area contributed by atoms with Gasteiger partial charge in [0.25, 0.3) is 5.91 Å². The molecule has 0 spiro atoms. The van der Waals surface area contributed by atoms with Crippen molar-refractivity contribution < 1.29 is 14.4 Å². The highest BCUT2D eigenvalue weighted by molar-refractivity contribution is 6.29. The van der Waals surface area contributed by atoms with Crippen LogP contribution in [0.2, 0.25) is 5.15 Å². The van der Waals surface area contributed by atoms with Gasteiger partial charge in [0.1, 0.15) is 16.8 Å². The van der Waals surface area contributed by atoms with Crippen LogP contribution in [0.4, 0.5) is 0 Å². The van der Waals surface area contributed by atoms with Crippen molar-refractivity contribution in [2.24, 2.45) is 0 Å². The molecule has 1 amide bonds. The van der Waals surface area contributed by atoms with Crippen molar-refractivity contribution in [1.82, 2.24) is 10.0 Å². The molecule has 0 aromatic carbocycles. The molecule has 98 valence electrons. The van der Waals surface area contributed by atoms with Gasteiger partial charge in [0.2, 0.25) is 5.88 Å². The van der Waals surface area contributed by atoms with Crippen LogP contribution in [0.5, 0.6) is 5.88 Å². The minimum atomic E-state index is -0.309. The Labute approximate surface area is 111 Å². The first-order chi connectivity index (χ1) is 8.61. The van der Waals surface area contributed by atoms with Gasteiger partial charge in [-0.3, -0.25) is 9.63 Å². The number of ether oxygens (including phenoxy) is 1. The fourth-order valence-electron chi connectivity index (χ4n) is 1.57. The number of pyridine rings is 1. The third-order valence-corrected chi connectivity index (χ3v) is 3.16. The van der Waals surface area contributed by atoms with Crippen molar-refractivity contribution in [3.8, 4) is 5.88 Å². The zero-order valence-electron chi connectivity index (χ0n) is 10.4. The van der Waals surface area contributed by atoms with Crippen molar-refractivity contribution in [3.05, 3.63) is 22.8 Å². The number of halogens is 1. The Bertz CT molecular complexity index is 449. The maximum absolute atomic E-state index is 12.0. The molecule has 1 heterocycles. The normalized spacial score (nSPS) is 15.1. The predicted molar refractivity (Wildman–Crippen MR) is 66.6 cm³/mol. The first-order valence-corrected chi connectivity index (χ1v) is 6.15. The van der Waals surface area contributed by atoms with E-state index in [0.29, 0.717) is 10.7 Å². The number of amides is 1. The molecule has 1 aliphatic carbocycles. The van der Waals surface area contributed by atoms with E-state index in [1.54, 1.807) is 12.1 Å². The van der Waals surface area contributed by atoms with E-state index in [9.17, 15) is 4.79 Å². The maximum atomic E-state index is 12.0. The largest absolute Gasteiger partial charge is 0.474 e. The van der Waals surface area contributed by atoms with Crippen LogP contribution in [0.15, 0.2) is 12.1 Å². The van der Waals surface area contributed by atoms with Crippen LogP contribution in [-0.2, 0) is 4.84 Å². The highest BCUT2D eigenvalue weighted by Crippen LogP contribution is 2.28. The Balaban J connectivity index is 2.24. The summed E-state index contributed by atoms with van der Waals surface area (Å²) in [7, 11) is 2.96. The van der Waals surface area contributed by atoms with Crippen LogP contribution >= 0.6 is 11.6 Å². The Hall–Kier alpha value is -1.33. The zero-order chi connectivity index (χ0) is 13.1. The highest BCUT2D eigenvalue weighted by Gasteiger charge is 2.24. The highest BCUT2D eigenvalue weighted by atomic mass is 35.5. The number of hydroxylamine groups is 2. The van der Waals surface area contributed by atoms with Crippen LogP contribution in [0.3, 0.4) is 0 Å². The van der Waals surface area contributed by atoms with Crippen LogP contribution in [0.25, 0.3) is 0 Å². The summed E-state index contributed by atoms with van der Waals surface area (Å²) in [5.74, 6) is -0.0305. The molecule has 1 fully saturated rings. The molecule has 2 rings (SSSR count). The molecule has 0 atom stereocenters. The smallest absolute Gasteiger partial charge is 0.282 e. The van der Waals surface area contributed by atoms with Crippen molar-refractivity contribution in [3.63, 3.8) is 0 Å².